The molecule has 3 fully saturated rings. The summed E-state index contributed by atoms with van der Waals surface area (Å²) in [4.78, 5) is 26.2. The first-order valence-corrected chi connectivity index (χ1v) is 11.6. The molecule has 2 bridgehead atoms. The van der Waals surface area contributed by atoms with Crippen molar-refractivity contribution in [2.75, 3.05) is 19.5 Å². The van der Waals surface area contributed by atoms with Crippen LogP contribution in [0.2, 0.25) is 0 Å². The highest BCUT2D eigenvalue weighted by atomic mass is 16.5. The largest absolute Gasteiger partial charge is 0.497 e. The minimum Gasteiger partial charge on any atom is -0.497 e. The topological polar surface area (TPSA) is 88.7 Å². The number of carbonyl (C=O) groups excluding carboxylic acids is 2. The van der Waals surface area contributed by atoms with Crippen LogP contribution < -0.4 is 25.4 Å². The third kappa shape index (κ3) is 3.59. The molecule has 2 aromatic carbocycles. The number of hydrogen-bond acceptors (Lipinski definition) is 5. The number of anilines is 1. The van der Waals surface area contributed by atoms with Crippen LogP contribution in [0, 0.1) is 17.3 Å². The molecule has 2 amide bonds. The Morgan fingerprint density at radius 2 is 1.97 bits per heavy atom. The van der Waals surface area contributed by atoms with E-state index in [0.717, 1.165) is 48.4 Å². The SMILES string of the molecule is COc1ccc(OC)c(CNC(=O)[C@H]2C[C@H]3CC[C@]2(C)C[C@]32NC(=O)c3ccccc3N2)c1. The quantitative estimate of drug-likeness (QED) is 0.648. The smallest absolute Gasteiger partial charge is 0.255 e. The molecule has 4 atom stereocenters. The van der Waals surface area contributed by atoms with Gasteiger partial charge in [-0.25, -0.2) is 0 Å². The van der Waals surface area contributed by atoms with Gasteiger partial charge in [-0.15, -0.1) is 0 Å². The fourth-order valence-corrected chi connectivity index (χ4v) is 6.18. The summed E-state index contributed by atoms with van der Waals surface area (Å²) in [5, 5.41) is 10.1. The lowest BCUT2D eigenvalue weighted by Gasteiger charge is -2.60. The van der Waals surface area contributed by atoms with Crippen LogP contribution >= 0.6 is 0 Å². The van der Waals surface area contributed by atoms with Gasteiger partial charge in [0, 0.05) is 29.6 Å². The van der Waals surface area contributed by atoms with E-state index in [9.17, 15) is 9.59 Å². The molecule has 3 N–H and O–H groups in total. The number of methoxy groups -OCH3 is 2. The first-order chi connectivity index (χ1) is 15.9. The summed E-state index contributed by atoms with van der Waals surface area (Å²) in [7, 11) is 3.24. The van der Waals surface area contributed by atoms with Gasteiger partial charge in [-0.05, 0) is 61.4 Å². The summed E-state index contributed by atoms with van der Waals surface area (Å²) in [6, 6.07) is 13.2. The summed E-state index contributed by atoms with van der Waals surface area (Å²) >= 11 is 0. The molecule has 6 rings (SSSR count). The van der Waals surface area contributed by atoms with Crippen molar-refractivity contribution >= 4 is 17.5 Å². The number of hydrogen-bond donors (Lipinski definition) is 3. The van der Waals surface area contributed by atoms with E-state index >= 15 is 0 Å². The van der Waals surface area contributed by atoms with Crippen LogP contribution in [0.3, 0.4) is 0 Å². The molecular weight excluding hydrogens is 418 g/mol. The van der Waals surface area contributed by atoms with E-state index in [2.05, 4.69) is 22.9 Å². The Morgan fingerprint density at radius 3 is 2.73 bits per heavy atom. The standard InChI is InChI=1S/C26H31N3O4/c1-25-11-10-17(26(15-25)28-21-7-5-4-6-19(21)23(30)29-26)13-20(25)24(31)27-14-16-12-18(32-2)8-9-22(16)33-3/h4-9,12,17,20,28H,10-11,13-15H2,1-3H3,(H,27,31)(H,29,30)/t17-,20-,25-,26+/m1/s1. The van der Waals surface area contributed by atoms with Gasteiger partial charge in [0.25, 0.3) is 5.91 Å². The Kier molecular flexibility index (Phi) is 5.22. The molecule has 1 aliphatic heterocycles. The highest BCUT2D eigenvalue weighted by Crippen LogP contribution is 2.58. The second-order valence-corrected chi connectivity index (χ2v) is 9.85. The van der Waals surface area contributed by atoms with Gasteiger partial charge in [-0.3, -0.25) is 9.59 Å². The van der Waals surface area contributed by atoms with Crippen molar-refractivity contribution in [2.45, 2.75) is 44.8 Å². The Balaban J connectivity index is 1.33. The van der Waals surface area contributed by atoms with Crippen LogP contribution in [0.5, 0.6) is 11.5 Å². The lowest BCUT2D eigenvalue weighted by molar-refractivity contribution is -0.139. The third-order valence-corrected chi connectivity index (χ3v) is 7.93. The maximum Gasteiger partial charge on any atom is 0.255 e. The summed E-state index contributed by atoms with van der Waals surface area (Å²) < 4.78 is 10.8. The van der Waals surface area contributed by atoms with Crippen LogP contribution in [0.15, 0.2) is 42.5 Å². The number of benzene rings is 2. The van der Waals surface area contributed by atoms with Crippen molar-refractivity contribution in [3.05, 3.63) is 53.6 Å². The third-order valence-electron chi connectivity index (χ3n) is 7.93. The second kappa shape index (κ2) is 7.97. The molecule has 1 heterocycles. The zero-order valence-electron chi connectivity index (χ0n) is 19.4. The zero-order chi connectivity index (χ0) is 23.2. The van der Waals surface area contributed by atoms with Crippen molar-refractivity contribution in [1.82, 2.24) is 10.6 Å². The van der Waals surface area contributed by atoms with E-state index in [1.165, 1.54) is 0 Å². The van der Waals surface area contributed by atoms with E-state index in [-0.39, 0.29) is 29.1 Å². The van der Waals surface area contributed by atoms with E-state index < -0.39 is 5.66 Å². The second-order valence-electron chi connectivity index (χ2n) is 9.85. The van der Waals surface area contributed by atoms with E-state index in [1.807, 2.05) is 42.5 Å². The van der Waals surface area contributed by atoms with Gasteiger partial charge in [-0.1, -0.05) is 19.1 Å². The normalized spacial score (nSPS) is 29.6. The molecule has 4 aliphatic rings. The molecule has 2 aromatic rings. The fourth-order valence-electron chi connectivity index (χ4n) is 6.18. The van der Waals surface area contributed by atoms with E-state index in [1.54, 1.807) is 14.2 Å². The van der Waals surface area contributed by atoms with Crippen molar-refractivity contribution in [3.63, 3.8) is 0 Å². The molecule has 3 aliphatic carbocycles. The highest BCUT2D eigenvalue weighted by molar-refractivity contribution is 6.02. The van der Waals surface area contributed by atoms with Crippen molar-refractivity contribution < 1.29 is 19.1 Å². The molecule has 174 valence electrons. The first kappa shape index (κ1) is 21.6. The molecule has 7 heteroatoms. The molecule has 3 saturated carbocycles. The number of ether oxygens (including phenoxy) is 2. The van der Waals surface area contributed by atoms with Gasteiger partial charge >= 0.3 is 0 Å². The lowest BCUT2D eigenvalue weighted by Crippen LogP contribution is -2.70. The zero-order valence-corrected chi connectivity index (χ0v) is 19.4. The number of para-hydroxylation sites is 1. The number of rotatable bonds is 5. The first-order valence-electron chi connectivity index (χ1n) is 11.6. The summed E-state index contributed by atoms with van der Waals surface area (Å²) in [6.45, 7) is 2.57. The predicted molar refractivity (Wildman–Crippen MR) is 125 cm³/mol. The monoisotopic (exact) mass is 449 g/mol. The van der Waals surface area contributed by atoms with Gasteiger partial charge in [0.05, 0.1) is 19.8 Å². The number of fused-ring (bicyclic) bond motifs is 3. The average Bonchev–Trinajstić information content (AvgIpc) is 2.82. The van der Waals surface area contributed by atoms with Crippen LogP contribution in [0.25, 0.3) is 0 Å². The predicted octanol–water partition coefficient (Wildman–Crippen LogP) is 3.70. The maximum atomic E-state index is 13.4. The van der Waals surface area contributed by atoms with Crippen molar-refractivity contribution in [3.8, 4) is 11.5 Å². The van der Waals surface area contributed by atoms with Gasteiger partial charge < -0.3 is 25.4 Å². The Morgan fingerprint density at radius 1 is 1.15 bits per heavy atom. The number of amides is 2. The minimum absolute atomic E-state index is 0.0355. The van der Waals surface area contributed by atoms with E-state index in [4.69, 9.17) is 9.47 Å². The van der Waals surface area contributed by atoms with E-state index in [0.29, 0.717) is 12.1 Å². The van der Waals surface area contributed by atoms with Crippen LogP contribution in [-0.4, -0.2) is 31.7 Å². The Hall–Kier alpha value is -3.22. The van der Waals surface area contributed by atoms with Crippen molar-refractivity contribution in [1.29, 1.82) is 0 Å². The van der Waals surface area contributed by atoms with Gasteiger partial charge in [0.1, 0.15) is 17.2 Å². The molecule has 0 radical (unpaired) electrons. The highest BCUT2D eigenvalue weighted by Gasteiger charge is 2.60. The van der Waals surface area contributed by atoms with Crippen LogP contribution in [0.1, 0.15) is 48.5 Å². The molecule has 0 saturated heterocycles. The summed E-state index contributed by atoms with van der Waals surface area (Å²) in [5.41, 5.74) is 1.74. The van der Waals surface area contributed by atoms with Gasteiger partial charge in [-0.2, -0.15) is 0 Å². The summed E-state index contributed by atoms with van der Waals surface area (Å²) in [6.07, 6.45) is 3.43. The average molecular weight is 450 g/mol. The Bertz CT molecular complexity index is 1100. The maximum absolute atomic E-state index is 13.4. The fraction of sp³-hybridized carbons (Fsp3) is 0.462. The van der Waals surface area contributed by atoms with Crippen molar-refractivity contribution in [2.24, 2.45) is 17.3 Å². The molecule has 1 spiro atoms. The molecule has 33 heavy (non-hydrogen) atoms. The Labute approximate surface area is 194 Å². The molecule has 0 aromatic heterocycles. The van der Waals surface area contributed by atoms with Gasteiger partial charge in [0.2, 0.25) is 5.91 Å². The number of nitrogens with one attached hydrogen (secondary N) is 3. The van der Waals surface area contributed by atoms with Crippen LogP contribution in [0.4, 0.5) is 5.69 Å². The minimum atomic E-state index is -0.495. The molecular formula is C26H31N3O4. The van der Waals surface area contributed by atoms with Gasteiger partial charge in [0.15, 0.2) is 0 Å². The lowest BCUT2D eigenvalue weighted by atomic mass is 9.51. The molecule has 7 nitrogen and oxygen atoms in total. The summed E-state index contributed by atoms with van der Waals surface area (Å²) in [5.74, 6) is 1.56. The molecule has 0 unspecified atom stereocenters. The van der Waals surface area contributed by atoms with Crippen LogP contribution in [-0.2, 0) is 11.3 Å². The number of carbonyl (C=O) groups is 2.